The van der Waals surface area contributed by atoms with Gasteiger partial charge in [-0.15, -0.1) is 0 Å². The summed E-state index contributed by atoms with van der Waals surface area (Å²) in [6.07, 6.45) is 2.43. The molecule has 1 saturated heterocycles. The van der Waals surface area contributed by atoms with E-state index in [0.29, 0.717) is 12.6 Å². The Labute approximate surface area is 109 Å². The SMILES string of the molecule is COc1cc(CN)ccc1OC1CCN(C)CC1. The molecule has 0 saturated carbocycles. The highest BCUT2D eigenvalue weighted by Gasteiger charge is 2.19. The molecular formula is C14H22N2O2. The van der Waals surface area contributed by atoms with Gasteiger partial charge in [0.25, 0.3) is 0 Å². The van der Waals surface area contributed by atoms with Gasteiger partial charge in [0, 0.05) is 19.6 Å². The highest BCUT2D eigenvalue weighted by Crippen LogP contribution is 2.30. The van der Waals surface area contributed by atoms with E-state index in [1.54, 1.807) is 7.11 Å². The van der Waals surface area contributed by atoms with E-state index < -0.39 is 0 Å². The standard InChI is InChI=1S/C14H22N2O2/c1-16-7-5-12(6-8-16)18-13-4-3-11(10-15)9-14(13)17-2/h3-4,9,12H,5-8,10,15H2,1-2H3. The van der Waals surface area contributed by atoms with Gasteiger partial charge in [0.15, 0.2) is 11.5 Å². The number of likely N-dealkylation sites (tertiary alicyclic amines) is 1. The van der Waals surface area contributed by atoms with E-state index in [1.165, 1.54) is 0 Å². The van der Waals surface area contributed by atoms with Crippen molar-refractivity contribution in [3.05, 3.63) is 23.8 Å². The molecule has 1 aromatic rings. The molecule has 0 bridgehead atoms. The molecule has 1 heterocycles. The molecule has 1 fully saturated rings. The largest absolute Gasteiger partial charge is 0.493 e. The number of nitrogens with two attached hydrogens (primary N) is 1. The van der Waals surface area contributed by atoms with Crippen LogP contribution in [0.1, 0.15) is 18.4 Å². The van der Waals surface area contributed by atoms with Gasteiger partial charge in [-0.1, -0.05) is 6.07 Å². The second-order valence-electron chi connectivity index (χ2n) is 4.81. The fourth-order valence-corrected chi connectivity index (χ4v) is 2.22. The van der Waals surface area contributed by atoms with Crippen LogP contribution in [-0.4, -0.2) is 38.3 Å². The first-order valence-corrected chi connectivity index (χ1v) is 6.45. The number of piperidine rings is 1. The zero-order chi connectivity index (χ0) is 13.0. The summed E-state index contributed by atoms with van der Waals surface area (Å²) in [5.41, 5.74) is 6.68. The molecule has 4 nitrogen and oxygen atoms in total. The van der Waals surface area contributed by atoms with Gasteiger partial charge in [-0.05, 0) is 37.6 Å². The lowest BCUT2D eigenvalue weighted by atomic mass is 10.1. The van der Waals surface area contributed by atoms with Crippen molar-refractivity contribution in [1.29, 1.82) is 0 Å². The first kappa shape index (κ1) is 13.2. The van der Waals surface area contributed by atoms with Gasteiger partial charge in [0.05, 0.1) is 7.11 Å². The van der Waals surface area contributed by atoms with Gasteiger partial charge in [0.2, 0.25) is 0 Å². The van der Waals surface area contributed by atoms with E-state index in [9.17, 15) is 0 Å². The quantitative estimate of drug-likeness (QED) is 0.882. The molecule has 2 N–H and O–H groups in total. The molecule has 1 aromatic carbocycles. The van der Waals surface area contributed by atoms with E-state index >= 15 is 0 Å². The minimum absolute atomic E-state index is 0.291. The highest BCUT2D eigenvalue weighted by atomic mass is 16.5. The third kappa shape index (κ3) is 3.15. The minimum Gasteiger partial charge on any atom is -0.493 e. The van der Waals surface area contributed by atoms with Gasteiger partial charge >= 0.3 is 0 Å². The molecule has 0 spiro atoms. The minimum atomic E-state index is 0.291. The maximum absolute atomic E-state index is 6.03. The molecule has 1 aliphatic rings. The van der Waals surface area contributed by atoms with Gasteiger partial charge in [-0.2, -0.15) is 0 Å². The van der Waals surface area contributed by atoms with Crippen LogP contribution >= 0.6 is 0 Å². The Kier molecular flexibility index (Phi) is 4.44. The summed E-state index contributed by atoms with van der Waals surface area (Å²) in [5, 5.41) is 0. The maximum Gasteiger partial charge on any atom is 0.161 e. The fourth-order valence-electron chi connectivity index (χ4n) is 2.22. The lowest BCUT2D eigenvalue weighted by molar-refractivity contribution is 0.111. The summed E-state index contributed by atoms with van der Waals surface area (Å²) in [6, 6.07) is 5.90. The Balaban J connectivity index is 2.04. The van der Waals surface area contributed by atoms with Crippen LogP contribution in [0.25, 0.3) is 0 Å². The zero-order valence-corrected chi connectivity index (χ0v) is 11.2. The van der Waals surface area contributed by atoms with E-state index in [0.717, 1.165) is 43.0 Å². The number of rotatable bonds is 4. The van der Waals surface area contributed by atoms with Gasteiger partial charge < -0.3 is 20.1 Å². The predicted molar refractivity (Wildman–Crippen MR) is 72.0 cm³/mol. The molecule has 18 heavy (non-hydrogen) atoms. The Morgan fingerprint density at radius 1 is 1.28 bits per heavy atom. The monoisotopic (exact) mass is 250 g/mol. The van der Waals surface area contributed by atoms with Crippen LogP contribution in [0.15, 0.2) is 18.2 Å². The van der Waals surface area contributed by atoms with E-state index in [2.05, 4.69) is 11.9 Å². The number of hydrogen-bond acceptors (Lipinski definition) is 4. The third-order valence-corrected chi connectivity index (χ3v) is 3.42. The molecule has 100 valence electrons. The van der Waals surface area contributed by atoms with Crippen molar-refractivity contribution in [2.75, 3.05) is 27.2 Å². The first-order valence-electron chi connectivity index (χ1n) is 6.45. The second-order valence-corrected chi connectivity index (χ2v) is 4.81. The van der Waals surface area contributed by atoms with Crippen molar-refractivity contribution in [3.63, 3.8) is 0 Å². The summed E-state index contributed by atoms with van der Waals surface area (Å²) in [5.74, 6) is 1.60. The van der Waals surface area contributed by atoms with Crippen LogP contribution in [0.4, 0.5) is 0 Å². The summed E-state index contributed by atoms with van der Waals surface area (Å²) >= 11 is 0. The Hall–Kier alpha value is -1.26. The maximum atomic E-state index is 6.03. The summed E-state index contributed by atoms with van der Waals surface area (Å²) in [7, 11) is 3.81. The second kappa shape index (κ2) is 6.07. The van der Waals surface area contributed by atoms with Crippen LogP contribution in [0, 0.1) is 0 Å². The van der Waals surface area contributed by atoms with Crippen LogP contribution in [0.3, 0.4) is 0 Å². The fraction of sp³-hybridized carbons (Fsp3) is 0.571. The third-order valence-electron chi connectivity index (χ3n) is 3.42. The Morgan fingerprint density at radius 2 is 2.00 bits per heavy atom. The molecule has 2 rings (SSSR count). The summed E-state index contributed by atoms with van der Waals surface area (Å²) in [4.78, 5) is 2.33. The van der Waals surface area contributed by atoms with Crippen LogP contribution in [0.2, 0.25) is 0 Å². The van der Waals surface area contributed by atoms with Crippen LogP contribution in [-0.2, 0) is 6.54 Å². The number of benzene rings is 1. The molecule has 0 radical (unpaired) electrons. The molecule has 0 aliphatic carbocycles. The number of methoxy groups -OCH3 is 1. The Bertz CT molecular complexity index is 387. The summed E-state index contributed by atoms with van der Waals surface area (Å²) in [6.45, 7) is 2.70. The van der Waals surface area contributed by atoms with E-state index in [-0.39, 0.29) is 0 Å². The molecular weight excluding hydrogens is 228 g/mol. The number of ether oxygens (including phenoxy) is 2. The lowest BCUT2D eigenvalue weighted by Crippen LogP contribution is -2.35. The van der Waals surface area contributed by atoms with Crippen molar-refractivity contribution < 1.29 is 9.47 Å². The highest BCUT2D eigenvalue weighted by molar-refractivity contribution is 5.43. The molecule has 0 unspecified atom stereocenters. The van der Waals surface area contributed by atoms with Crippen LogP contribution < -0.4 is 15.2 Å². The van der Waals surface area contributed by atoms with Gasteiger partial charge in [0.1, 0.15) is 6.10 Å². The molecule has 1 aliphatic heterocycles. The van der Waals surface area contributed by atoms with E-state index in [1.807, 2.05) is 18.2 Å². The molecule has 0 atom stereocenters. The van der Waals surface area contributed by atoms with Gasteiger partial charge in [-0.25, -0.2) is 0 Å². The predicted octanol–water partition coefficient (Wildman–Crippen LogP) is 1.63. The molecule has 4 heteroatoms. The van der Waals surface area contributed by atoms with Crippen molar-refractivity contribution in [3.8, 4) is 11.5 Å². The van der Waals surface area contributed by atoms with E-state index in [4.69, 9.17) is 15.2 Å². The topological polar surface area (TPSA) is 47.7 Å². The first-order chi connectivity index (χ1) is 8.72. The molecule has 0 amide bonds. The normalized spacial score (nSPS) is 17.7. The average Bonchev–Trinajstić information content (AvgIpc) is 2.41. The lowest BCUT2D eigenvalue weighted by Gasteiger charge is -2.29. The van der Waals surface area contributed by atoms with Crippen molar-refractivity contribution >= 4 is 0 Å². The van der Waals surface area contributed by atoms with Crippen molar-refractivity contribution in [2.24, 2.45) is 5.73 Å². The smallest absolute Gasteiger partial charge is 0.161 e. The zero-order valence-electron chi connectivity index (χ0n) is 11.2. The van der Waals surface area contributed by atoms with Crippen LogP contribution in [0.5, 0.6) is 11.5 Å². The number of nitrogens with zero attached hydrogens (tertiary/aromatic N) is 1. The van der Waals surface area contributed by atoms with Gasteiger partial charge in [-0.3, -0.25) is 0 Å². The number of hydrogen-bond donors (Lipinski definition) is 1. The summed E-state index contributed by atoms with van der Waals surface area (Å²) < 4.78 is 11.4. The van der Waals surface area contributed by atoms with Crippen molar-refractivity contribution in [1.82, 2.24) is 4.90 Å². The molecule has 0 aromatic heterocycles. The van der Waals surface area contributed by atoms with Crippen molar-refractivity contribution in [2.45, 2.75) is 25.5 Å². The Morgan fingerprint density at radius 3 is 2.61 bits per heavy atom. The average molecular weight is 250 g/mol.